The second-order valence-electron chi connectivity index (χ2n) is 8.95. The minimum absolute atomic E-state index is 0. The van der Waals surface area contributed by atoms with Gasteiger partial charge in [-0.1, -0.05) is 109 Å². The molecule has 0 amide bonds. The summed E-state index contributed by atoms with van der Waals surface area (Å²) < 4.78 is 30.0. The molecule has 0 saturated carbocycles. The fourth-order valence-corrected chi connectivity index (χ4v) is 9.78. The molecule has 47 heavy (non-hydrogen) atoms. The Labute approximate surface area is 294 Å². The standard InChI is InChI=1S/2C18H15P.4CO.Mo/c2*1-4-10-16(11-5-1)19(17-12-6-2-7-13-17)18-14-8-3-9-15-18;4*1-2;/h2*1-15H;;;;;/p+2. The van der Waals surface area contributed by atoms with Gasteiger partial charge in [-0.3, -0.25) is 0 Å². The molecule has 0 unspecified atom stereocenters. The monoisotopic (exact) mass is 736 g/mol. The molecule has 0 N–H and O–H groups in total. The van der Waals surface area contributed by atoms with Crippen LogP contribution in [0.15, 0.2) is 182 Å². The first-order valence-corrected chi connectivity index (χ1v) is 16.8. The van der Waals surface area contributed by atoms with Gasteiger partial charge in [-0.2, -0.15) is 0 Å². The van der Waals surface area contributed by atoms with Gasteiger partial charge in [0.2, 0.25) is 0 Å². The summed E-state index contributed by atoms with van der Waals surface area (Å²) in [7, 11) is -1.75. The molecule has 7 heteroatoms. The van der Waals surface area contributed by atoms with Crippen LogP contribution in [0.2, 0.25) is 0 Å². The third-order valence-corrected chi connectivity index (χ3v) is 11.8. The molecule has 0 saturated heterocycles. The van der Waals surface area contributed by atoms with Crippen LogP contribution in [-0.2, 0) is 39.7 Å². The van der Waals surface area contributed by atoms with Crippen molar-refractivity contribution in [3.63, 3.8) is 0 Å². The van der Waals surface area contributed by atoms with Gasteiger partial charge in [0, 0.05) is 21.1 Å². The van der Waals surface area contributed by atoms with E-state index in [-0.39, 0.29) is 21.1 Å². The zero-order valence-electron chi connectivity index (χ0n) is 25.4. The number of hydrogen-bond acceptors (Lipinski definition) is 0. The van der Waals surface area contributed by atoms with Crippen LogP contribution < -0.4 is 31.8 Å². The van der Waals surface area contributed by atoms with E-state index in [1.54, 1.807) is 0 Å². The maximum absolute atomic E-state index is 7.50. The molecule has 6 aromatic carbocycles. The fourth-order valence-electron chi connectivity index (χ4n) is 4.63. The molecule has 0 aliphatic carbocycles. The molecule has 0 aromatic heterocycles. The molecule has 6 aromatic rings. The SMILES string of the molecule is [C-]#[O+].[C-]#[O+].[C-]#[O+].[C-]#[O+].[Mo].c1ccc([PH+](c2ccccc2)c2ccccc2)cc1.c1ccc([PH+](c2ccccc2)c2ccccc2)cc1. The van der Waals surface area contributed by atoms with E-state index < -0.39 is 15.8 Å². The summed E-state index contributed by atoms with van der Waals surface area (Å²) in [4.78, 5) is 0. The zero-order valence-corrected chi connectivity index (χ0v) is 29.4. The summed E-state index contributed by atoms with van der Waals surface area (Å²) in [5, 5.41) is 8.61. The number of hydrogen-bond donors (Lipinski definition) is 0. The smallest absolute Gasteiger partial charge is 0.0620 e. The first-order valence-electron chi connectivity index (χ1n) is 13.8. The summed E-state index contributed by atoms with van der Waals surface area (Å²) in [6.07, 6.45) is 0. The molecule has 0 fully saturated rings. The Morgan fingerprint density at radius 3 is 0.447 bits per heavy atom. The van der Waals surface area contributed by atoms with Gasteiger partial charge >= 0.3 is 45.2 Å². The average Bonchev–Trinajstić information content (AvgIpc) is 3.18. The van der Waals surface area contributed by atoms with E-state index in [2.05, 4.69) is 209 Å². The van der Waals surface area contributed by atoms with Gasteiger partial charge < -0.3 is 0 Å². The summed E-state index contributed by atoms with van der Waals surface area (Å²) in [5.41, 5.74) is 0. The first kappa shape index (κ1) is 42.8. The van der Waals surface area contributed by atoms with E-state index in [0.29, 0.717) is 0 Å². The Kier molecular flexibility index (Phi) is 25.6. The van der Waals surface area contributed by atoms with Crippen LogP contribution in [0.4, 0.5) is 0 Å². The normalized spacial score (nSPS) is 8.72. The first-order chi connectivity index (χ1) is 22.9. The Bertz CT molecular complexity index is 1350. The molecule has 0 heterocycles. The molecule has 6 rings (SSSR count). The minimum atomic E-state index is -0.877. The van der Waals surface area contributed by atoms with Crippen molar-refractivity contribution < 1.29 is 39.7 Å². The van der Waals surface area contributed by atoms with Crippen LogP contribution >= 0.6 is 15.8 Å². The molecule has 0 radical (unpaired) electrons. The van der Waals surface area contributed by atoms with Gasteiger partial charge in [0.15, 0.2) is 0 Å². The van der Waals surface area contributed by atoms with Gasteiger partial charge in [-0.15, -0.1) is 0 Å². The molecule has 230 valence electrons. The van der Waals surface area contributed by atoms with Crippen LogP contribution in [-0.4, -0.2) is 0 Å². The average molecular weight is 735 g/mol. The topological polar surface area (TPSA) is 79.6 Å². The second kappa shape index (κ2) is 28.1. The van der Waals surface area contributed by atoms with Gasteiger partial charge in [0.1, 0.15) is 31.8 Å². The molecular formula is C40H32MoO4P2+2. The Balaban J connectivity index is 0.000000731. The summed E-state index contributed by atoms with van der Waals surface area (Å²) >= 11 is 0. The predicted octanol–water partition coefficient (Wildman–Crippen LogP) is 6.20. The molecule has 0 bridgehead atoms. The van der Waals surface area contributed by atoms with Crippen molar-refractivity contribution in [2.45, 2.75) is 0 Å². The molecule has 0 spiro atoms. The van der Waals surface area contributed by atoms with E-state index in [9.17, 15) is 0 Å². The van der Waals surface area contributed by atoms with Crippen molar-refractivity contribution in [2.24, 2.45) is 0 Å². The van der Waals surface area contributed by atoms with Crippen LogP contribution in [0.25, 0.3) is 0 Å². The van der Waals surface area contributed by atoms with Crippen molar-refractivity contribution >= 4 is 47.7 Å². The van der Waals surface area contributed by atoms with E-state index in [1.807, 2.05) is 0 Å². The fraction of sp³-hybridized carbons (Fsp3) is 0. The zero-order chi connectivity index (χ0) is 33.8. The summed E-state index contributed by atoms with van der Waals surface area (Å²) in [6, 6.07) is 65.0. The van der Waals surface area contributed by atoms with E-state index in [1.165, 1.54) is 31.8 Å². The van der Waals surface area contributed by atoms with Crippen LogP contribution in [0, 0.1) is 26.6 Å². The molecular weight excluding hydrogens is 702 g/mol. The minimum Gasteiger partial charge on any atom is -0.0620 e. The van der Waals surface area contributed by atoms with Crippen molar-refractivity contribution in [1.29, 1.82) is 0 Å². The molecule has 4 nitrogen and oxygen atoms in total. The van der Waals surface area contributed by atoms with Gasteiger partial charge in [0.25, 0.3) is 0 Å². The predicted molar refractivity (Wildman–Crippen MR) is 189 cm³/mol. The van der Waals surface area contributed by atoms with E-state index in [4.69, 9.17) is 18.6 Å². The van der Waals surface area contributed by atoms with Crippen LogP contribution in [0.3, 0.4) is 0 Å². The molecule has 0 aliphatic rings. The van der Waals surface area contributed by atoms with Gasteiger partial charge in [-0.25, -0.2) is 0 Å². The van der Waals surface area contributed by atoms with Crippen molar-refractivity contribution in [3.05, 3.63) is 209 Å². The maximum atomic E-state index is 7.50. The molecule has 0 aliphatic heterocycles. The van der Waals surface area contributed by atoms with Crippen molar-refractivity contribution in [2.75, 3.05) is 0 Å². The summed E-state index contributed by atoms with van der Waals surface area (Å²) in [6.45, 7) is 18.0. The van der Waals surface area contributed by atoms with Gasteiger partial charge in [-0.05, 0) is 72.8 Å². The van der Waals surface area contributed by atoms with Crippen LogP contribution in [0.1, 0.15) is 0 Å². The number of benzene rings is 6. The van der Waals surface area contributed by atoms with Crippen molar-refractivity contribution in [3.8, 4) is 0 Å². The largest absolute Gasteiger partial charge is 0.102 e. The van der Waals surface area contributed by atoms with Gasteiger partial charge in [0.05, 0.1) is 15.8 Å². The number of rotatable bonds is 6. The quantitative estimate of drug-likeness (QED) is 0.0846. The summed E-state index contributed by atoms with van der Waals surface area (Å²) in [5.74, 6) is 0. The Morgan fingerprint density at radius 2 is 0.340 bits per heavy atom. The van der Waals surface area contributed by atoms with Crippen molar-refractivity contribution in [1.82, 2.24) is 0 Å². The Morgan fingerprint density at radius 1 is 0.234 bits per heavy atom. The van der Waals surface area contributed by atoms with E-state index in [0.717, 1.165) is 0 Å². The third kappa shape index (κ3) is 14.4. The second-order valence-corrected chi connectivity index (χ2v) is 13.9. The van der Waals surface area contributed by atoms with E-state index >= 15 is 0 Å². The maximum Gasteiger partial charge on any atom is 0.102 e. The van der Waals surface area contributed by atoms with Crippen LogP contribution in [0.5, 0.6) is 0 Å². The molecule has 0 atom stereocenters. The third-order valence-electron chi connectivity index (χ3n) is 6.37. The Hall–Kier alpha value is -4.17.